The zero-order valence-electron chi connectivity index (χ0n) is 23.5. The standard InChI is InChI=1S/C34H29F2N5O2/c1-40-14-12-20(13-15-40)24-9-6-22(17-27(24)36)21-7-10-28-25(16-21)34(43)41(19-37-28)32(26-18-23(35)8-11-31(26)42)33-38-29-4-2-3-5-30(29)39-33/h2-11,16-20,32,42H,12-15H2,1H3,(H,38,39). The Morgan fingerprint density at radius 1 is 0.930 bits per heavy atom. The van der Waals surface area contributed by atoms with Crippen molar-refractivity contribution in [2.75, 3.05) is 20.1 Å². The summed E-state index contributed by atoms with van der Waals surface area (Å²) < 4.78 is 31.2. The van der Waals surface area contributed by atoms with Crippen LogP contribution >= 0.6 is 0 Å². The van der Waals surface area contributed by atoms with Gasteiger partial charge in [-0.3, -0.25) is 9.36 Å². The van der Waals surface area contributed by atoms with Crippen molar-refractivity contribution in [1.82, 2.24) is 24.4 Å². The summed E-state index contributed by atoms with van der Waals surface area (Å²) >= 11 is 0. The van der Waals surface area contributed by atoms with Crippen LogP contribution in [0.2, 0.25) is 0 Å². The van der Waals surface area contributed by atoms with Gasteiger partial charge in [0.15, 0.2) is 0 Å². The van der Waals surface area contributed by atoms with Crippen LogP contribution in [0, 0.1) is 11.6 Å². The number of phenolic OH excluding ortho intramolecular Hbond substituents is 1. The van der Waals surface area contributed by atoms with E-state index < -0.39 is 17.4 Å². The van der Waals surface area contributed by atoms with Crippen LogP contribution in [0.3, 0.4) is 0 Å². The average molecular weight is 578 g/mol. The maximum atomic E-state index is 15.4. The van der Waals surface area contributed by atoms with Gasteiger partial charge in [-0.1, -0.05) is 30.3 Å². The van der Waals surface area contributed by atoms with E-state index in [1.807, 2.05) is 42.5 Å². The van der Waals surface area contributed by atoms with Crippen molar-refractivity contribution in [3.05, 3.63) is 124 Å². The van der Waals surface area contributed by atoms with Gasteiger partial charge in [0.25, 0.3) is 5.56 Å². The number of benzene rings is 4. The van der Waals surface area contributed by atoms with Gasteiger partial charge >= 0.3 is 0 Å². The lowest BCUT2D eigenvalue weighted by molar-refractivity contribution is 0.253. The van der Waals surface area contributed by atoms with Crippen LogP contribution in [0.5, 0.6) is 5.75 Å². The molecule has 2 N–H and O–H groups in total. The van der Waals surface area contributed by atoms with E-state index in [9.17, 15) is 14.3 Å². The van der Waals surface area contributed by atoms with Gasteiger partial charge in [-0.15, -0.1) is 0 Å². The molecule has 0 saturated carbocycles. The lowest BCUT2D eigenvalue weighted by Gasteiger charge is -2.29. The van der Waals surface area contributed by atoms with E-state index in [2.05, 4.69) is 26.9 Å². The highest BCUT2D eigenvalue weighted by molar-refractivity contribution is 5.84. The van der Waals surface area contributed by atoms with Crippen molar-refractivity contribution in [2.24, 2.45) is 0 Å². The smallest absolute Gasteiger partial charge is 0.262 e. The highest BCUT2D eigenvalue weighted by Gasteiger charge is 2.26. The summed E-state index contributed by atoms with van der Waals surface area (Å²) in [6.45, 7) is 1.89. The second-order valence-electron chi connectivity index (χ2n) is 11.2. The molecule has 1 aliphatic heterocycles. The second kappa shape index (κ2) is 10.7. The van der Waals surface area contributed by atoms with E-state index in [4.69, 9.17) is 0 Å². The number of aromatic nitrogens is 4. The SMILES string of the molecule is CN1CCC(c2ccc(-c3ccc4ncn(C(c5nc6ccccc6[nH]5)c5cc(F)ccc5O)c(=O)c4c3)cc2F)CC1. The number of fused-ring (bicyclic) bond motifs is 2. The van der Waals surface area contributed by atoms with Crippen LogP contribution in [-0.2, 0) is 0 Å². The van der Waals surface area contributed by atoms with E-state index in [-0.39, 0.29) is 23.0 Å². The Balaban J connectivity index is 1.33. The number of halogens is 2. The number of likely N-dealkylation sites (tertiary alicyclic amines) is 1. The van der Waals surface area contributed by atoms with Crippen molar-refractivity contribution in [3.8, 4) is 16.9 Å². The molecule has 1 atom stereocenters. The predicted molar refractivity (Wildman–Crippen MR) is 162 cm³/mol. The third kappa shape index (κ3) is 4.95. The first-order valence-corrected chi connectivity index (χ1v) is 14.3. The fourth-order valence-electron chi connectivity index (χ4n) is 6.13. The molecule has 4 aromatic carbocycles. The molecule has 0 amide bonds. The van der Waals surface area contributed by atoms with Gasteiger partial charge in [0.05, 0.1) is 28.3 Å². The van der Waals surface area contributed by atoms with Gasteiger partial charge in [0.1, 0.15) is 29.3 Å². The Morgan fingerprint density at radius 3 is 2.49 bits per heavy atom. The molecule has 7 nitrogen and oxygen atoms in total. The van der Waals surface area contributed by atoms with Gasteiger partial charge < -0.3 is 15.0 Å². The van der Waals surface area contributed by atoms with E-state index in [1.165, 1.54) is 29.1 Å². The summed E-state index contributed by atoms with van der Waals surface area (Å²) in [5, 5.41) is 11.1. The minimum absolute atomic E-state index is 0.157. The molecule has 1 fully saturated rings. The van der Waals surface area contributed by atoms with E-state index in [1.54, 1.807) is 12.1 Å². The number of nitrogens with one attached hydrogen (secondary N) is 1. The Hall–Kier alpha value is -4.89. The summed E-state index contributed by atoms with van der Waals surface area (Å²) in [5.41, 5.74) is 3.65. The first-order valence-electron chi connectivity index (χ1n) is 14.3. The topological polar surface area (TPSA) is 87.0 Å². The third-order valence-electron chi connectivity index (χ3n) is 8.50. The zero-order chi connectivity index (χ0) is 29.7. The maximum absolute atomic E-state index is 15.4. The lowest BCUT2D eigenvalue weighted by Crippen LogP contribution is -2.29. The van der Waals surface area contributed by atoms with Gasteiger partial charge in [0, 0.05) is 5.56 Å². The molecule has 9 heteroatoms. The lowest BCUT2D eigenvalue weighted by atomic mass is 9.88. The minimum atomic E-state index is -0.998. The molecule has 43 heavy (non-hydrogen) atoms. The van der Waals surface area contributed by atoms with Crippen LogP contribution in [0.1, 0.15) is 41.8 Å². The van der Waals surface area contributed by atoms with Crippen LogP contribution in [-0.4, -0.2) is 49.7 Å². The largest absolute Gasteiger partial charge is 0.508 e. The number of hydrogen-bond donors (Lipinski definition) is 2. The molecule has 216 valence electrons. The molecule has 0 spiro atoms. The van der Waals surface area contributed by atoms with Gasteiger partial charge in [-0.25, -0.2) is 18.7 Å². The summed E-state index contributed by atoms with van der Waals surface area (Å²) in [6, 6.07) is 20.5. The molecular weight excluding hydrogens is 548 g/mol. The molecule has 1 aliphatic rings. The van der Waals surface area contributed by atoms with Crippen LogP contribution < -0.4 is 5.56 Å². The van der Waals surface area contributed by atoms with Crippen molar-refractivity contribution >= 4 is 21.9 Å². The highest BCUT2D eigenvalue weighted by atomic mass is 19.1. The summed E-state index contributed by atoms with van der Waals surface area (Å²) in [7, 11) is 2.08. The number of H-pyrrole nitrogens is 1. The van der Waals surface area contributed by atoms with E-state index in [0.29, 0.717) is 33.4 Å². The fraction of sp³-hybridized carbons (Fsp3) is 0.206. The Kier molecular flexibility index (Phi) is 6.74. The van der Waals surface area contributed by atoms with Crippen LogP contribution in [0.25, 0.3) is 33.1 Å². The van der Waals surface area contributed by atoms with Gasteiger partial charge in [-0.2, -0.15) is 0 Å². The Bertz CT molecular complexity index is 2010. The average Bonchev–Trinajstić information content (AvgIpc) is 3.44. The molecule has 1 saturated heterocycles. The highest BCUT2D eigenvalue weighted by Crippen LogP contribution is 2.34. The molecular formula is C34H29F2N5O2. The predicted octanol–water partition coefficient (Wildman–Crippen LogP) is 6.37. The second-order valence-corrected chi connectivity index (χ2v) is 11.2. The number of imidazole rings is 1. The first kappa shape index (κ1) is 27.0. The number of aromatic amines is 1. The summed E-state index contributed by atoms with van der Waals surface area (Å²) in [6.07, 6.45) is 3.21. The number of phenols is 1. The fourth-order valence-corrected chi connectivity index (χ4v) is 6.13. The number of piperidine rings is 1. The van der Waals surface area contributed by atoms with E-state index in [0.717, 1.165) is 43.1 Å². The summed E-state index contributed by atoms with van der Waals surface area (Å²) in [5.74, 6) is -0.473. The molecule has 7 rings (SSSR count). The van der Waals surface area contributed by atoms with Crippen LogP contribution in [0.15, 0.2) is 90.0 Å². The number of nitrogens with zero attached hydrogens (tertiary/aromatic N) is 4. The van der Waals surface area contributed by atoms with Crippen molar-refractivity contribution in [2.45, 2.75) is 24.8 Å². The quantitative estimate of drug-likeness (QED) is 0.249. The number of rotatable bonds is 5. The van der Waals surface area contributed by atoms with Gasteiger partial charge in [0.2, 0.25) is 0 Å². The first-order chi connectivity index (χ1) is 20.9. The molecule has 0 aliphatic carbocycles. The number of hydrogen-bond acceptors (Lipinski definition) is 5. The normalized spacial score (nSPS) is 15.3. The number of para-hydroxylation sites is 2. The Labute approximate surface area is 246 Å². The monoisotopic (exact) mass is 577 g/mol. The molecule has 6 aromatic rings. The molecule has 0 bridgehead atoms. The molecule has 1 unspecified atom stereocenters. The maximum Gasteiger partial charge on any atom is 0.262 e. The zero-order valence-corrected chi connectivity index (χ0v) is 23.5. The van der Waals surface area contributed by atoms with Crippen molar-refractivity contribution in [1.29, 1.82) is 0 Å². The third-order valence-corrected chi connectivity index (χ3v) is 8.50. The van der Waals surface area contributed by atoms with E-state index >= 15 is 4.39 Å². The van der Waals surface area contributed by atoms with Crippen LogP contribution in [0.4, 0.5) is 8.78 Å². The Morgan fingerprint density at radius 2 is 1.70 bits per heavy atom. The molecule has 3 heterocycles. The number of aromatic hydroxyl groups is 1. The van der Waals surface area contributed by atoms with Gasteiger partial charge in [-0.05, 0) is 104 Å². The molecule has 2 aromatic heterocycles. The minimum Gasteiger partial charge on any atom is -0.508 e. The van der Waals surface area contributed by atoms with Crippen molar-refractivity contribution < 1.29 is 13.9 Å². The van der Waals surface area contributed by atoms with Crippen molar-refractivity contribution in [3.63, 3.8) is 0 Å². The summed E-state index contributed by atoms with van der Waals surface area (Å²) in [4.78, 5) is 28.8. The molecule has 0 radical (unpaired) electrons.